The van der Waals surface area contributed by atoms with E-state index in [4.69, 9.17) is 9.11 Å². The van der Waals surface area contributed by atoms with E-state index in [1.54, 1.807) is 0 Å². The zero-order valence-electron chi connectivity index (χ0n) is 11.4. The minimum Gasteiger partial charge on any atom is -0.508 e. The van der Waals surface area contributed by atoms with Gasteiger partial charge in [-0.2, -0.15) is 16.8 Å². The Balaban J connectivity index is 2.48. The topological polar surface area (TPSA) is 149 Å². The van der Waals surface area contributed by atoms with Gasteiger partial charge in [-0.05, 0) is 41.8 Å². The minimum atomic E-state index is -4.52. The summed E-state index contributed by atoms with van der Waals surface area (Å²) < 4.78 is 62.5. The second-order valence-corrected chi connectivity index (χ2v) is 7.64. The summed E-state index contributed by atoms with van der Waals surface area (Å²) in [6.07, 6.45) is -0.0617. The predicted octanol–water partition coefficient (Wildman–Crippen LogP) is 1.18. The average molecular weight is 360 g/mol. The van der Waals surface area contributed by atoms with Crippen molar-refractivity contribution in [1.82, 2.24) is 0 Å². The molecule has 0 atom stereocenters. The molecule has 124 valence electrons. The van der Waals surface area contributed by atoms with Crippen molar-refractivity contribution in [3.05, 3.63) is 47.5 Å². The lowest BCUT2D eigenvalue weighted by Crippen LogP contribution is -2.01. The Bertz CT molecular complexity index is 882. The maximum atomic E-state index is 11.1. The van der Waals surface area contributed by atoms with E-state index in [9.17, 15) is 27.0 Å². The van der Waals surface area contributed by atoms with Gasteiger partial charge in [0.1, 0.15) is 11.5 Å². The maximum Gasteiger partial charge on any atom is 0.294 e. The maximum absolute atomic E-state index is 11.1. The summed E-state index contributed by atoms with van der Waals surface area (Å²) in [5, 5.41) is 19.0. The van der Waals surface area contributed by atoms with E-state index < -0.39 is 41.5 Å². The van der Waals surface area contributed by atoms with E-state index >= 15 is 0 Å². The molecule has 0 bridgehead atoms. The van der Waals surface area contributed by atoms with Gasteiger partial charge in [0.05, 0.1) is 9.79 Å². The third-order valence-corrected chi connectivity index (χ3v) is 4.57. The number of hydrogen-bond acceptors (Lipinski definition) is 6. The Labute approximate surface area is 132 Å². The second-order valence-electron chi connectivity index (χ2n) is 4.80. The fraction of sp³-hybridized carbons (Fsp3) is 0.0769. The quantitative estimate of drug-likeness (QED) is 0.594. The Morgan fingerprint density at radius 2 is 1.00 bits per heavy atom. The first-order valence-electron chi connectivity index (χ1n) is 6.06. The van der Waals surface area contributed by atoms with Crippen LogP contribution in [0.5, 0.6) is 11.5 Å². The van der Waals surface area contributed by atoms with Crippen molar-refractivity contribution in [2.75, 3.05) is 0 Å². The smallest absolute Gasteiger partial charge is 0.294 e. The van der Waals surface area contributed by atoms with E-state index in [0.29, 0.717) is 0 Å². The molecule has 23 heavy (non-hydrogen) atoms. The summed E-state index contributed by atoms with van der Waals surface area (Å²) in [5.74, 6) is -0.824. The Hall–Kier alpha value is -2.14. The SMILES string of the molecule is O=S(=O)(O)c1cc(O)cc(Cc2cc(O)cc(S(=O)(=O)O)c2)c1. The minimum absolute atomic E-state index is 0.0617. The number of phenolic OH excluding ortho intramolecular Hbond substituents is 2. The van der Waals surface area contributed by atoms with Crippen LogP contribution in [0.15, 0.2) is 46.2 Å². The Morgan fingerprint density at radius 3 is 1.30 bits per heavy atom. The van der Waals surface area contributed by atoms with Crippen molar-refractivity contribution in [3.8, 4) is 11.5 Å². The van der Waals surface area contributed by atoms with Gasteiger partial charge in [0.2, 0.25) is 0 Å². The molecule has 0 spiro atoms. The number of benzene rings is 2. The predicted molar refractivity (Wildman–Crippen MR) is 78.6 cm³/mol. The molecule has 0 saturated carbocycles. The summed E-state index contributed by atoms with van der Waals surface area (Å²) in [7, 11) is -9.05. The highest BCUT2D eigenvalue weighted by Crippen LogP contribution is 2.25. The van der Waals surface area contributed by atoms with Crippen LogP contribution in [0.2, 0.25) is 0 Å². The van der Waals surface area contributed by atoms with E-state index in [1.165, 1.54) is 12.1 Å². The fourth-order valence-electron chi connectivity index (χ4n) is 2.02. The molecule has 10 heteroatoms. The van der Waals surface area contributed by atoms with Gasteiger partial charge in [-0.25, -0.2) is 0 Å². The standard InChI is InChI=1S/C13H12O8S2/c14-10-2-8(4-12(6-10)22(16,17)18)1-9-3-11(15)7-13(5-9)23(19,20)21/h2-7,14-15H,1H2,(H,16,17,18)(H,19,20,21). The molecule has 0 aliphatic heterocycles. The molecule has 0 saturated heterocycles. The molecule has 0 radical (unpaired) electrons. The van der Waals surface area contributed by atoms with Crippen LogP contribution in [0.1, 0.15) is 11.1 Å². The van der Waals surface area contributed by atoms with E-state index in [-0.39, 0.29) is 17.5 Å². The molecule has 0 amide bonds. The van der Waals surface area contributed by atoms with Crippen LogP contribution < -0.4 is 0 Å². The zero-order chi connectivity index (χ0) is 17.4. The molecule has 0 aliphatic carbocycles. The van der Waals surface area contributed by atoms with Gasteiger partial charge in [0.15, 0.2) is 0 Å². The molecular weight excluding hydrogens is 348 g/mol. The molecule has 0 aromatic heterocycles. The lowest BCUT2D eigenvalue weighted by atomic mass is 10.0. The summed E-state index contributed by atoms with van der Waals surface area (Å²) in [6.45, 7) is 0. The summed E-state index contributed by atoms with van der Waals surface area (Å²) >= 11 is 0. The van der Waals surface area contributed by atoms with Gasteiger partial charge in [-0.1, -0.05) is 0 Å². The molecule has 0 unspecified atom stereocenters. The second kappa shape index (κ2) is 5.81. The first kappa shape index (κ1) is 17.2. The molecule has 2 aromatic rings. The van der Waals surface area contributed by atoms with Crippen LogP contribution in [0.4, 0.5) is 0 Å². The van der Waals surface area contributed by atoms with E-state index in [1.807, 2.05) is 0 Å². The molecule has 4 N–H and O–H groups in total. The van der Waals surface area contributed by atoms with Crippen LogP contribution in [-0.2, 0) is 26.7 Å². The molecule has 0 aliphatic rings. The number of phenols is 2. The van der Waals surface area contributed by atoms with Crippen molar-refractivity contribution in [1.29, 1.82) is 0 Å². The summed E-state index contributed by atoms with van der Waals surface area (Å²) in [6, 6.07) is 6.31. The van der Waals surface area contributed by atoms with Crippen LogP contribution >= 0.6 is 0 Å². The van der Waals surface area contributed by atoms with Crippen LogP contribution in [-0.4, -0.2) is 36.2 Å². The number of aromatic hydroxyl groups is 2. The van der Waals surface area contributed by atoms with Gasteiger partial charge in [-0.15, -0.1) is 0 Å². The largest absolute Gasteiger partial charge is 0.508 e. The molecule has 2 aromatic carbocycles. The Morgan fingerprint density at radius 1 is 0.652 bits per heavy atom. The van der Waals surface area contributed by atoms with Gasteiger partial charge >= 0.3 is 0 Å². The number of rotatable bonds is 4. The molecular formula is C13H12O8S2. The molecule has 2 rings (SSSR count). The normalized spacial score (nSPS) is 12.3. The highest BCUT2D eigenvalue weighted by atomic mass is 32.2. The van der Waals surface area contributed by atoms with Crippen LogP contribution in [0, 0.1) is 0 Å². The monoisotopic (exact) mass is 360 g/mol. The molecule has 0 fully saturated rings. The lowest BCUT2D eigenvalue weighted by molar-refractivity contribution is 0.464. The van der Waals surface area contributed by atoms with Crippen molar-refractivity contribution in [2.24, 2.45) is 0 Å². The first-order chi connectivity index (χ1) is 10.4. The molecule has 8 nitrogen and oxygen atoms in total. The third kappa shape index (κ3) is 4.42. The van der Waals surface area contributed by atoms with Crippen molar-refractivity contribution >= 4 is 20.2 Å². The summed E-state index contributed by atoms with van der Waals surface area (Å²) in [5.41, 5.74) is 0.481. The van der Waals surface area contributed by atoms with Crippen molar-refractivity contribution < 1.29 is 36.2 Å². The highest BCUT2D eigenvalue weighted by Gasteiger charge is 2.15. The van der Waals surface area contributed by atoms with Crippen molar-refractivity contribution in [3.63, 3.8) is 0 Å². The number of hydrogen-bond donors (Lipinski definition) is 4. The van der Waals surface area contributed by atoms with Gasteiger partial charge in [0, 0.05) is 12.1 Å². The fourth-order valence-corrected chi connectivity index (χ4v) is 3.16. The van der Waals surface area contributed by atoms with Crippen LogP contribution in [0.25, 0.3) is 0 Å². The average Bonchev–Trinajstić information content (AvgIpc) is 2.35. The highest BCUT2D eigenvalue weighted by molar-refractivity contribution is 7.86. The third-order valence-electron chi connectivity index (χ3n) is 2.91. The first-order valence-corrected chi connectivity index (χ1v) is 8.94. The van der Waals surface area contributed by atoms with Gasteiger partial charge in [0.25, 0.3) is 20.2 Å². The summed E-state index contributed by atoms with van der Waals surface area (Å²) in [4.78, 5) is -1.05. The Kier molecular flexibility index (Phi) is 4.35. The van der Waals surface area contributed by atoms with Crippen molar-refractivity contribution in [2.45, 2.75) is 16.2 Å². The molecule has 0 heterocycles. The van der Waals surface area contributed by atoms with E-state index in [2.05, 4.69) is 0 Å². The zero-order valence-corrected chi connectivity index (χ0v) is 13.0. The van der Waals surface area contributed by atoms with Crippen LogP contribution in [0.3, 0.4) is 0 Å². The van der Waals surface area contributed by atoms with Gasteiger partial charge in [-0.3, -0.25) is 9.11 Å². The van der Waals surface area contributed by atoms with Gasteiger partial charge < -0.3 is 10.2 Å². The van der Waals surface area contributed by atoms with E-state index in [0.717, 1.165) is 24.3 Å². The lowest BCUT2D eigenvalue weighted by Gasteiger charge is -2.07.